The maximum absolute atomic E-state index is 10.6. The number of nitrogens with zero attached hydrogens (tertiary/aromatic N) is 1. The lowest BCUT2D eigenvalue weighted by Crippen LogP contribution is -2.45. The Hall–Kier alpha value is -0.610. The third-order valence-corrected chi connectivity index (χ3v) is 2.32. The van der Waals surface area contributed by atoms with Crippen LogP contribution in [0.15, 0.2) is 0 Å². The standard InChI is InChI=1S/C8H16N2O2/c9-8(12)5-10-4-2-1-3-7(10)6-11/h7,11H,1-6H2,(H2,9,12)/t7-/m1/s1. The fourth-order valence-electron chi connectivity index (χ4n) is 1.68. The molecule has 0 aliphatic carbocycles. The number of aliphatic hydroxyl groups excluding tert-OH is 1. The average molecular weight is 172 g/mol. The van der Waals surface area contributed by atoms with E-state index in [1.54, 1.807) is 0 Å². The Morgan fingerprint density at radius 3 is 2.92 bits per heavy atom. The molecular formula is C8H16N2O2. The summed E-state index contributed by atoms with van der Waals surface area (Å²) in [5.41, 5.74) is 5.08. The van der Waals surface area contributed by atoms with E-state index < -0.39 is 0 Å². The first-order chi connectivity index (χ1) is 5.74. The number of carbonyl (C=O) groups excluding carboxylic acids is 1. The maximum atomic E-state index is 10.6. The molecule has 1 heterocycles. The van der Waals surface area contributed by atoms with Gasteiger partial charge in [-0.15, -0.1) is 0 Å². The summed E-state index contributed by atoms with van der Waals surface area (Å²) in [4.78, 5) is 12.6. The number of carbonyl (C=O) groups is 1. The number of likely N-dealkylation sites (tertiary alicyclic amines) is 1. The summed E-state index contributed by atoms with van der Waals surface area (Å²) in [6.45, 7) is 1.30. The summed E-state index contributed by atoms with van der Waals surface area (Å²) in [7, 11) is 0. The summed E-state index contributed by atoms with van der Waals surface area (Å²) in [6, 6.07) is 0.145. The van der Waals surface area contributed by atoms with Crippen molar-refractivity contribution >= 4 is 5.91 Å². The van der Waals surface area contributed by atoms with Crippen LogP contribution in [0.5, 0.6) is 0 Å². The zero-order valence-corrected chi connectivity index (χ0v) is 7.20. The fourth-order valence-corrected chi connectivity index (χ4v) is 1.68. The van der Waals surface area contributed by atoms with Gasteiger partial charge in [0, 0.05) is 6.04 Å². The Kier molecular flexibility index (Phi) is 3.49. The number of amides is 1. The van der Waals surface area contributed by atoms with E-state index in [1.165, 1.54) is 0 Å². The lowest BCUT2D eigenvalue weighted by Gasteiger charge is -2.33. The van der Waals surface area contributed by atoms with E-state index in [0.29, 0.717) is 0 Å². The number of piperidine rings is 1. The topological polar surface area (TPSA) is 66.6 Å². The summed E-state index contributed by atoms with van der Waals surface area (Å²) in [5, 5.41) is 8.98. The molecule has 1 atom stereocenters. The van der Waals surface area contributed by atoms with Crippen LogP contribution in [0, 0.1) is 0 Å². The van der Waals surface area contributed by atoms with Crippen LogP contribution in [0.1, 0.15) is 19.3 Å². The van der Waals surface area contributed by atoms with Crippen LogP contribution >= 0.6 is 0 Å². The van der Waals surface area contributed by atoms with Crippen molar-refractivity contribution in [1.82, 2.24) is 4.90 Å². The summed E-state index contributed by atoms with van der Waals surface area (Å²) in [5.74, 6) is -0.310. The molecule has 12 heavy (non-hydrogen) atoms. The minimum atomic E-state index is -0.310. The van der Waals surface area contributed by atoms with Crippen molar-refractivity contribution in [3.63, 3.8) is 0 Å². The van der Waals surface area contributed by atoms with Gasteiger partial charge in [-0.2, -0.15) is 0 Å². The molecule has 1 aliphatic heterocycles. The highest BCUT2D eigenvalue weighted by Crippen LogP contribution is 2.15. The first-order valence-electron chi connectivity index (χ1n) is 4.37. The molecular weight excluding hydrogens is 156 g/mol. The van der Waals surface area contributed by atoms with Gasteiger partial charge in [0.15, 0.2) is 0 Å². The number of hydrogen-bond donors (Lipinski definition) is 2. The Balaban J connectivity index is 2.41. The molecule has 0 saturated carbocycles. The van der Waals surface area contributed by atoms with E-state index in [-0.39, 0.29) is 25.1 Å². The van der Waals surface area contributed by atoms with E-state index in [1.807, 2.05) is 4.90 Å². The van der Waals surface area contributed by atoms with Crippen LogP contribution in [-0.2, 0) is 4.79 Å². The van der Waals surface area contributed by atoms with Gasteiger partial charge in [-0.25, -0.2) is 0 Å². The predicted octanol–water partition coefficient (Wildman–Crippen LogP) is -0.681. The van der Waals surface area contributed by atoms with Gasteiger partial charge in [-0.1, -0.05) is 6.42 Å². The highest BCUT2D eigenvalue weighted by Gasteiger charge is 2.22. The van der Waals surface area contributed by atoms with Gasteiger partial charge in [-0.05, 0) is 19.4 Å². The number of hydrogen-bond acceptors (Lipinski definition) is 3. The second-order valence-electron chi connectivity index (χ2n) is 3.27. The highest BCUT2D eigenvalue weighted by atomic mass is 16.3. The van der Waals surface area contributed by atoms with Gasteiger partial charge in [0.05, 0.1) is 13.2 Å². The largest absolute Gasteiger partial charge is 0.395 e. The number of primary amides is 1. The summed E-state index contributed by atoms with van der Waals surface area (Å²) in [6.07, 6.45) is 3.22. The second kappa shape index (κ2) is 4.42. The van der Waals surface area contributed by atoms with Crippen molar-refractivity contribution in [3.8, 4) is 0 Å². The molecule has 0 unspecified atom stereocenters. The molecule has 1 amide bonds. The normalized spacial score (nSPS) is 25.6. The predicted molar refractivity (Wildman–Crippen MR) is 45.5 cm³/mol. The van der Waals surface area contributed by atoms with Gasteiger partial charge < -0.3 is 10.8 Å². The molecule has 1 fully saturated rings. The molecule has 1 saturated heterocycles. The van der Waals surface area contributed by atoms with E-state index >= 15 is 0 Å². The average Bonchev–Trinajstić information content (AvgIpc) is 2.04. The Bertz CT molecular complexity index is 161. The summed E-state index contributed by atoms with van der Waals surface area (Å²) >= 11 is 0. The number of nitrogens with two attached hydrogens (primary N) is 1. The van der Waals surface area contributed by atoms with E-state index in [0.717, 1.165) is 25.8 Å². The Morgan fingerprint density at radius 1 is 1.58 bits per heavy atom. The first kappa shape index (κ1) is 9.48. The third-order valence-electron chi connectivity index (χ3n) is 2.32. The van der Waals surface area contributed by atoms with Gasteiger partial charge >= 0.3 is 0 Å². The molecule has 1 rings (SSSR count). The minimum Gasteiger partial charge on any atom is -0.395 e. The lowest BCUT2D eigenvalue weighted by molar-refractivity contribution is -0.120. The monoisotopic (exact) mass is 172 g/mol. The minimum absolute atomic E-state index is 0.132. The molecule has 0 radical (unpaired) electrons. The van der Waals surface area contributed by atoms with Crippen LogP contribution < -0.4 is 5.73 Å². The molecule has 0 aromatic heterocycles. The first-order valence-corrected chi connectivity index (χ1v) is 4.37. The highest BCUT2D eigenvalue weighted by molar-refractivity contribution is 5.75. The Morgan fingerprint density at radius 2 is 2.33 bits per heavy atom. The SMILES string of the molecule is NC(=O)CN1CCCC[C@@H]1CO. The molecule has 0 aromatic carbocycles. The molecule has 3 N–H and O–H groups in total. The van der Waals surface area contributed by atoms with Crippen LogP contribution in [0.4, 0.5) is 0 Å². The molecule has 1 aliphatic rings. The van der Waals surface area contributed by atoms with Crippen LogP contribution in [0.25, 0.3) is 0 Å². The third kappa shape index (κ3) is 2.46. The van der Waals surface area contributed by atoms with E-state index in [4.69, 9.17) is 10.8 Å². The van der Waals surface area contributed by atoms with Crippen molar-refractivity contribution in [2.24, 2.45) is 5.73 Å². The lowest BCUT2D eigenvalue weighted by atomic mass is 10.0. The van der Waals surface area contributed by atoms with Crippen molar-refractivity contribution in [1.29, 1.82) is 0 Å². The fraction of sp³-hybridized carbons (Fsp3) is 0.875. The smallest absolute Gasteiger partial charge is 0.231 e. The zero-order valence-electron chi connectivity index (χ0n) is 7.20. The number of rotatable bonds is 3. The van der Waals surface area contributed by atoms with Gasteiger partial charge in [0.1, 0.15) is 0 Å². The van der Waals surface area contributed by atoms with Gasteiger partial charge in [-0.3, -0.25) is 9.69 Å². The maximum Gasteiger partial charge on any atom is 0.231 e. The van der Waals surface area contributed by atoms with Crippen molar-refractivity contribution in [3.05, 3.63) is 0 Å². The molecule has 0 spiro atoms. The molecule has 70 valence electrons. The molecule has 0 bridgehead atoms. The van der Waals surface area contributed by atoms with Crippen molar-refractivity contribution in [2.75, 3.05) is 19.7 Å². The number of aliphatic hydroxyl groups is 1. The van der Waals surface area contributed by atoms with Gasteiger partial charge in [0.2, 0.25) is 5.91 Å². The van der Waals surface area contributed by atoms with Crippen molar-refractivity contribution in [2.45, 2.75) is 25.3 Å². The molecule has 4 heteroatoms. The Labute approximate surface area is 72.3 Å². The van der Waals surface area contributed by atoms with E-state index in [9.17, 15) is 4.79 Å². The van der Waals surface area contributed by atoms with Crippen LogP contribution in [0.2, 0.25) is 0 Å². The molecule has 0 aromatic rings. The van der Waals surface area contributed by atoms with E-state index in [2.05, 4.69) is 0 Å². The van der Waals surface area contributed by atoms with Crippen LogP contribution in [-0.4, -0.2) is 41.7 Å². The zero-order chi connectivity index (χ0) is 8.97. The summed E-state index contributed by atoms with van der Waals surface area (Å²) < 4.78 is 0. The molecule has 4 nitrogen and oxygen atoms in total. The quantitative estimate of drug-likeness (QED) is 0.592. The van der Waals surface area contributed by atoms with Crippen LogP contribution in [0.3, 0.4) is 0 Å². The van der Waals surface area contributed by atoms with Gasteiger partial charge in [0.25, 0.3) is 0 Å². The second-order valence-corrected chi connectivity index (χ2v) is 3.27. The van der Waals surface area contributed by atoms with Crippen molar-refractivity contribution < 1.29 is 9.90 Å².